The molecule has 184 valence electrons. The van der Waals surface area contributed by atoms with Crippen LogP contribution in [-0.4, -0.2) is 62.1 Å². The zero-order chi connectivity index (χ0) is 24.6. The lowest BCUT2D eigenvalue weighted by atomic mass is 9.88. The molecule has 2 saturated carbocycles. The Balaban J connectivity index is 1.52. The number of aliphatic imine (C=N–C) groups is 2. The number of carboxylic acids is 1. The van der Waals surface area contributed by atoms with Crippen LogP contribution < -0.4 is 0 Å². The third-order valence-electron chi connectivity index (χ3n) is 7.76. The van der Waals surface area contributed by atoms with Crippen molar-refractivity contribution in [2.75, 3.05) is 0 Å². The van der Waals surface area contributed by atoms with Gasteiger partial charge in [0.15, 0.2) is 17.2 Å². The fourth-order valence-electron chi connectivity index (χ4n) is 5.97. The van der Waals surface area contributed by atoms with Crippen molar-refractivity contribution in [3.05, 3.63) is 41.5 Å². The fraction of sp³-hybridized carbons (Fsp3) is 0.519. The molecule has 3 amide bonds. The molecule has 2 aliphatic heterocycles. The van der Waals surface area contributed by atoms with Gasteiger partial charge in [0.05, 0.1) is 0 Å². The molecule has 3 fully saturated rings. The largest absolute Gasteiger partial charge is 0.478 e. The summed E-state index contributed by atoms with van der Waals surface area (Å²) >= 11 is 0. The highest BCUT2D eigenvalue weighted by Gasteiger charge is 2.57. The molecule has 4 aliphatic rings. The number of carbonyl (C=O) groups excluding carboxylic acids is 2. The maximum atomic E-state index is 13.9. The molecular formula is C27H32N4O4. The molecule has 35 heavy (non-hydrogen) atoms. The second-order valence-corrected chi connectivity index (χ2v) is 10.1. The lowest BCUT2D eigenvalue weighted by molar-refractivity contribution is -0.131. The Bertz CT molecular complexity index is 1110. The summed E-state index contributed by atoms with van der Waals surface area (Å²) in [6.45, 7) is 1.85. The molecule has 8 nitrogen and oxygen atoms in total. The molecule has 2 aliphatic carbocycles. The van der Waals surface area contributed by atoms with Crippen LogP contribution in [0.25, 0.3) is 6.08 Å². The zero-order valence-electron chi connectivity index (χ0n) is 20.2. The number of rotatable bonds is 5. The van der Waals surface area contributed by atoms with Gasteiger partial charge in [0.2, 0.25) is 0 Å². The van der Waals surface area contributed by atoms with Crippen LogP contribution in [0.4, 0.5) is 4.79 Å². The number of carboxylic acid groups (broad SMARTS) is 1. The predicted octanol–water partition coefficient (Wildman–Crippen LogP) is 4.63. The van der Waals surface area contributed by atoms with E-state index in [-0.39, 0.29) is 24.0 Å². The molecule has 0 spiro atoms. The number of nitrogens with zero attached hydrogens (tertiary/aromatic N) is 4. The average Bonchev–Trinajstić information content (AvgIpc) is 3.22. The first-order chi connectivity index (χ1) is 16.9. The Labute approximate surface area is 205 Å². The molecule has 1 aromatic rings. The maximum Gasteiger partial charge on any atom is 0.329 e. The van der Waals surface area contributed by atoms with Crippen LogP contribution in [0.1, 0.15) is 82.3 Å². The molecule has 1 atom stereocenters. The summed E-state index contributed by atoms with van der Waals surface area (Å²) in [5.74, 6) is -0.883. The van der Waals surface area contributed by atoms with Crippen molar-refractivity contribution >= 4 is 35.5 Å². The van der Waals surface area contributed by atoms with E-state index in [4.69, 9.17) is 15.1 Å². The van der Waals surface area contributed by atoms with Crippen molar-refractivity contribution < 1.29 is 19.5 Å². The van der Waals surface area contributed by atoms with Gasteiger partial charge in [-0.15, -0.1) is 0 Å². The number of benzene rings is 1. The molecule has 1 saturated heterocycles. The Hall–Kier alpha value is -3.29. The summed E-state index contributed by atoms with van der Waals surface area (Å²) in [5.41, 5.74) is 0.690. The average molecular weight is 477 g/mol. The number of imide groups is 1. The summed E-state index contributed by atoms with van der Waals surface area (Å²) in [6, 6.07) is 6.98. The van der Waals surface area contributed by atoms with Gasteiger partial charge in [0.1, 0.15) is 0 Å². The van der Waals surface area contributed by atoms with Gasteiger partial charge in [-0.25, -0.2) is 19.6 Å². The van der Waals surface area contributed by atoms with Gasteiger partial charge in [0, 0.05) is 23.7 Å². The van der Waals surface area contributed by atoms with E-state index in [0.29, 0.717) is 11.5 Å². The normalized spacial score (nSPS) is 26.2. The third kappa shape index (κ3) is 4.30. The third-order valence-corrected chi connectivity index (χ3v) is 7.76. The number of amidine groups is 1. The van der Waals surface area contributed by atoms with Gasteiger partial charge in [0.25, 0.3) is 5.91 Å². The minimum atomic E-state index is -1.11. The second kappa shape index (κ2) is 9.40. The summed E-state index contributed by atoms with van der Waals surface area (Å²) in [7, 11) is 0. The lowest BCUT2D eigenvalue weighted by Gasteiger charge is -2.50. The quantitative estimate of drug-likeness (QED) is 0.626. The molecule has 0 aromatic heterocycles. The van der Waals surface area contributed by atoms with Crippen molar-refractivity contribution in [2.45, 2.75) is 88.9 Å². The van der Waals surface area contributed by atoms with E-state index in [0.717, 1.165) is 75.0 Å². The lowest BCUT2D eigenvalue weighted by Crippen LogP contribution is -2.71. The number of carbonyl (C=O) groups is 3. The van der Waals surface area contributed by atoms with Crippen molar-refractivity contribution in [3.63, 3.8) is 0 Å². The van der Waals surface area contributed by atoms with Crippen LogP contribution in [0, 0.1) is 0 Å². The van der Waals surface area contributed by atoms with Gasteiger partial charge in [-0.3, -0.25) is 14.6 Å². The number of hydrogen-bond acceptors (Lipinski definition) is 5. The monoisotopic (exact) mass is 476 g/mol. The second-order valence-electron chi connectivity index (χ2n) is 10.1. The Kier molecular flexibility index (Phi) is 6.30. The van der Waals surface area contributed by atoms with Crippen molar-refractivity contribution in [3.8, 4) is 0 Å². The van der Waals surface area contributed by atoms with Crippen LogP contribution in [-0.2, 0) is 9.59 Å². The number of amides is 3. The number of fused-ring (bicyclic) bond motifs is 1. The van der Waals surface area contributed by atoms with E-state index in [2.05, 4.69) is 0 Å². The molecule has 1 N–H and O–H groups in total. The standard InChI is InChI=1S/C27H32N4O4/c1-27-23(28-24(29-27)19-15-12-18(13-16-19)14-17-22(32)33)25(34)30(20-8-4-2-5-9-20)26(35)31(27)21-10-6-3-7-11-21/h12-17,20-21H,2-11H2,1H3,(H,32,33)/b17-14+. The van der Waals surface area contributed by atoms with Gasteiger partial charge >= 0.3 is 12.0 Å². The maximum absolute atomic E-state index is 13.9. The summed E-state index contributed by atoms with van der Waals surface area (Å²) in [4.78, 5) is 51.5. The molecule has 2 heterocycles. The van der Waals surface area contributed by atoms with Gasteiger partial charge in [-0.05, 0) is 44.2 Å². The molecule has 0 bridgehead atoms. The first-order valence-electron chi connectivity index (χ1n) is 12.8. The van der Waals surface area contributed by atoms with Crippen LogP contribution in [0.3, 0.4) is 0 Å². The minimum absolute atomic E-state index is 0.0391. The van der Waals surface area contributed by atoms with Crippen LogP contribution >= 0.6 is 0 Å². The summed E-state index contributed by atoms with van der Waals surface area (Å²) in [6.07, 6.45) is 12.6. The number of hydrogen-bond donors (Lipinski definition) is 1. The topological polar surface area (TPSA) is 103 Å². The Morgan fingerprint density at radius 3 is 2.17 bits per heavy atom. The van der Waals surface area contributed by atoms with Gasteiger partial charge in [-0.1, -0.05) is 62.8 Å². The minimum Gasteiger partial charge on any atom is -0.478 e. The fourth-order valence-corrected chi connectivity index (χ4v) is 5.97. The number of urea groups is 1. The molecule has 0 radical (unpaired) electrons. The molecule has 1 unspecified atom stereocenters. The highest BCUT2D eigenvalue weighted by molar-refractivity contribution is 6.49. The van der Waals surface area contributed by atoms with Crippen LogP contribution in [0.2, 0.25) is 0 Å². The molecule has 1 aromatic carbocycles. The van der Waals surface area contributed by atoms with E-state index < -0.39 is 11.6 Å². The first kappa shape index (κ1) is 23.5. The number of aliphatic carboxylic acids is 1. The highest BCUT2D eigenvalue weighted by atomic mass is 16.4. The summed E-state index contributed by atoms with van der Waals surface area (Å²) < 4.78 is 0. The van der Waals surface area contributed by atoms with Gasteiger partial charge < -0.3 is 5.11 Å². The predicted molar refractivity (Wildman–Crippen MR) is 133 cm³/mol. The smallest absolute Gasteiger partial charge is 0.329 e. The summed E-state index contributed by atoms with van der Waals surface area (Å²) in [5, 5.41) is 8.85. The van der Waals surface area contributed by atoms with Crippen LogP contribution in [0.15, 0.2) is 40.3 Å². The van der Waals surface area contributed by atoms with Crippen molar-refractivity contribution in [2.24, 2.45) is 9.98 Å². The van der Waals surface area contributed by atoms with E-state index in [1.165, 1.54) is 17.4 Å². The first-order valence-corrected chi connectivity index (χ1v) is 12.8. The molecule has 5 rings (SSSR count). The Morgan fingerprint density at radius 2 is 1.57 bits per heavy atom. The van der Waals surface area contributed by atoms with Gasteiger partial charge in [-0.2, -0.15) is 0 Å². The van der Waals surface area contributed by atoms with E-state index >= 15 is 0 Å². The molecular weight excluding hydrogens is 444 g/mol. The highest BCUT2D eigenvalue weighted by Crippen LogP contribution is 2.40. The van der Waals surface area contributed by atoms with Crippen molar-refractivity contribution in [1.29, 1.82) is 0 Å². The van der Waals surface area contributed by atoms with Crippen molar-refractivity contribution in [1.82, 2.24) is 9.80 Å². The molecule has 8 heteroatoms. The SMILES string of the molecule is CC12N=C(c3ccc(/C=C/C(=O)O)cc3)N=C1C(=O)N(C1CCCCC1)C(=O)N2C1CCCCC1. The van der Waals surface area contributed by atoms with E-state index in [1.54, 1.807) is 12.1 Å². The Morgan fingerprint density at radius 1 is 0.971 bits per heavy atom. The van der Waals surface area contributed by atoms with Crippen LogP contribution in [0.5, 0.6) is 0 Å². The van der Waals surface area contributed by atoms with E-state index in [9.17, 15) is 14.4 Å². The zero-order valence-corrected chi connectivity index (χ0v) is 20.2. The van der Waals surface area contributed by atoms with E-state index in [1.807, 2.05) is 24.0 Å².